The fraction of sp³-hybridized carbons (Fsp3) is 0.364. The van der Waals surface area contributed by atoms with Crippen molar-refractivity contribution in [3.8, 4) is 0 Å². The number of carbonyl (C=O) groups is 1. The number of likely N-dealkylation sites (tertiary alicyclic amines) is 1. The Bertz CT molecular complexity index is 1080. The van der Waals surface area contributed by atoms with E-state index in [0.717, 1.165) is 5.56 Å². The summed E-state index contributed by atoms with van der Waals surface area (Å²) < 4.78 is 75.0. The smallest absolute Gasteiger partial charge is 0.416 e. The van der Waals surface area contributed by atoms with Crippen molar-refractivity contribution in [2.75, 3.05) is 13.1 Å². The Balaban J connectivity index is 1.59. The molecule has 1 aromatic heterocycles. The quantitative estimate of drug-likeness (QED) is 0.233. The molecule has 7 nitrogen and oxygen atoms in total. The Labute approximate surface area is 203 Å². The maximum absolute atomic E-state index is 13.3. The first kappa shape index (κ1) is 26.4. The number of carbonyl (C=O) groups excluding carboxylic acids is 1. The number of nitrogens with one attached hydrogen (secondary N) is 2. The van der Waals surface area contributed by atoms with Crippen LogP contribution < -0.4 is 5.32 Å². The second-order valence-corrected chi connectivity index (χ2v) is 7.99. The SMILES string of the molecule is N=C(OCc1ccncc1)/C(=N\S)N1CCC(NC(=O)Cc2cc(C(F)F)ccc2C(F)(F)F)C1. The highest BCUT2D eigenvalue weighted by Crippen LogP contribution is 2.34. The number of hydrogen-bond donors (Lipinski definition) is 3. The molecule has 1 aromatic carbocycles. The van der Waals surface area contributed by atoms with Crippen molar-refractivity contribution < 1.29 is 31.5 Å². The Morgan fingerprint density at radius 1 is 1.29 bits per heavy atom. The van der Waals surface area contributed by atoms with Crippen LogP contribution in [0, 0.1) is 5.41 Å². The van der Waals surface area contributed by atoms with E-state index in [4.69, 9.17) is 10.1 Å². The number of amidine groups is 1. The minimum atomic E-state index is -4.78. The fourth-order valence-electron chi connectivity index (χ4n) is 3.65. The lowest BCUT2D eigenvalue weighted by molar-refractivity contribution is -0.138. The lowest BCUT2D eigenvalue weighted by Crippen LogP contribution is -2.41. The highest BCUT2D eigenvalue weighted by Gasteiger charge is 2.35. The summed E-state index contributed by atoms with van der Waals surface area (Å²) >= 11 is 3.90. The minimum absolute atomic E-state index is 0.112. The molecule has 0 saturated carbocycles. The van der Waals surface area contributed by atoms with Crippen molar-refractivity contribution in [3.05, 3.63) is 65.0 Å². The highest BCUT2D eigenvalue weighted by atomic mass is 32.1. The number of ether oxygens (including phenoxy) is 1. The molecule has 1 fully saturated rings. The number of aromatic nitrogens is 1. The summed E-state index contributed by atoms with van der Waals surface area (Å²) in [6.45, 7) is 0.719. The molecule has 0 bridgehead atoms. The van der Waals surface area contributed by atoms with Gasteiger partial charge in [-0.1, -0.05) is 6.07 Å². The summed E-state index contributed by atoms with van der Waals surface area (Å²) in [5, 5.41) is 10.8. The molecule has 2 heterocycles. The summed E-state index contributed by atoms with van der Waals surface area (Å²) in [5.74, 6) is -0.826. The van der Waals surface area contributed by atoms with Gasteiger partial charge in [-0.3, -0.25) is 15.2 Å². The third kappa shape index (κ3) is 7.13. The van der Waals surface area contributed by atoms with Crippen LogP contribution in [0.4, 0.5) is 22.0 Å². The van der Waals surface area contributed by atoms with Crippen molar-refractivity contribution in [2.24, 2.45) is 4.40 Å². The molecule has 0 spiro atoms. The van der Waals surface area contributed by atoms with Gasteiger partial charge in [0.05, 0.1) is 12.0 Å². The molecule has 1 aliphatic rings. The predicted molar refractivity (Wildman–Crippen MR) is 121 cm³/mol. The molecule has 2 aromatic rings. The van der Waals surface area contributed by atoms with Crippen molar-refractivity contribution in [1.82, 2.24) is 15.2 Å². The predicted octanol–water partition coefficient (Wildman–Crippen LogP) is 4.21. The van der Waals surface area contributed by atoms with E-state index in [0.29, 0.717) is 31.2 Å². The van der Waals surface area contributed by atoms with Gasteiger partial charge in [0, 0.05) is 37.1 Å². The van der Waals surface area contributed by atoms with Crippen molar-refractivity contribution >= 4 is 30.5 Å². The summed E-state index contributed by atoms with van der Waals surface area (Å²) in [5.41, 5.74) is -1.45. The van der Waals surface area contributed by atoms with E-state index >= 15 is 0 Å². The third-order valence-corrected chi connectivity index (χ3v) is 5.51. The molecule has 3 rings (SSSR count). The Kier molecular flexibility index (Phi) is 8.65. The zero-order chi connectivity index (χ0) is 25.6. The van der Waals surface area contributed by atoms with Gasteiger partial charge in [-0.2, -0.15) is 17.6 Å². The van der Waals surface area contributed by atoms with E-state index in [1.54, 1.807) is 29.4 Å². The molecule has 1 unspecified atom stereocenters. The molecular formula is C22H22F5N5O2S. The lowest BCUT2D eigenvalue weighted by atomic mass is 10.00. The average molecular weight is 516 g/mol. The molecule has 0 aliphatic carbocycles. The normalized spacial score (nSPS) is 16.5. The summed E-state index contributed by atoms with van der Waals surface area (Å²) in [6.07, 6.45) is -4.84. The number of amides is 1. The van der Waals surface area contributed by atoms with E-state index in [2.05, 4.69) is 27.5 Å². The monoisotopic (exact) mass is 515 g/mol. The van der Waals surface area contributed by atoms with Crippen molar-refractivity contribution in [3.63, 3.8) is 0 Å². The maximum Gasteiger partial charge on any atom is 0.416 e. The van der Waals surface area contributed by atoms with Crippen LogP contribution in [0.15, 0.2) is 47.1 Å². The van der Waals surface area contributed by atoms with Gasteiger partial charge >= 0.3 is 6.18 Å². The molecule has 13 heteroatoms. The van der Waals surface area contributed by atoms with Gasteiger partial charge in [0.25, 0.3) is 12.3 Å². The first-order chi connectivity index (χ1) is 16.6. The van der Waals surface area contributed by atoms with Crippen LogP contribution in [0.1, 0.15) is 35.1 Å². The summed E-state index contributed by atoms with van der Waals surface area (Å²) in [7, 11) is 0. The van der Waals surface area contributed by atoms with Crippen molar-refractivity contribution in [2.45, 2.75) is 38.1 Å². The molecule has 2 N–H and O–H groups in total. The Morgan fingerprint density at radius 3 is 2.63 bits per heavy atom. The maximum atomic E-state index is 13.3. The van der Waals surface area contributed by atoms with Crippen LogP contribution in [-0.4, -0.2) is 46.7 Å². The number of halogens is 5. The van der Waals surface area contributed by atoms with E-state index in [-0.39, 0.29) is 24.9 Å². The van der Waals surface area contributed by atoms with Gasteiger partial charge in [-0.25, -0.2) is 8.78 Å². The highest BCUT2D eigenvalue weighted by molar-refractivity contribution is 7.79. The van der Waals surface area contributed by atoms with Crippen LogP contribution in [0.5, 0.6) is 0 Å². The first-order valence-electron chi connectivity index (χ1n) is 10.4. The topological polar surface area (TPSA) is 90.7 Å². The molecule has 1 aliphatic heterocycles. The standard InChI is InChI=1S/C22H22F5N5O2S/c23-19(24)14-1-2-17(22(25,26)27)15(9-14)10-18(33)30-16-5-8-32(11-16)21(31-35)20(28)34-12-13-3-6-29-7-4-13/h1-4,6-7,9,16,19,28,35H,5,8,10-12H2,(H,30,33)/b28-20?,31-21+. The zero-order valence-electron chi connectivity index (χ0n) is 18.2. The molecule has 35 heavy (non-hydrogen) atoms. The van der Waals surface area contributed by atoms with E-state index in [1.807, 2.05) is 0 Å². The Hall–Kier alpha value is -3.22. The lowest BCUT2D eigenvalue weighted by Gasteiger charge is -2.21. The minimum Gasteiger partial charge on any atom is -0.471 e. The average Bonchev–Trinajstić information content (AvgIpc) is 3.25. The van der Waals surface area contributed by atoms with Gasteiger partial charge in [-0.15, -0.1) is 0 Å². The second-order valence-electron chi connectivity index (χ2n) is 7.79. The number of hydrogen-bond acceptors (Lipinski definition) is 6. The number of thiol groups is 1. The van der Waals surface area contributed by atoms with Gasteiger partial charge in [0.15, 0.2) is 5.84 Å². The molecule has 0 radical (unpaired) electrons. The van der Waals surface area contributed by atoms with E-state index < -0.39 is 47.7 Å². The number of alkyl halides is 5. The van der Waals surface area contributed by atoms with Crippen LogP contribution in [0.2, 0.25) is 0 Å². The second kappa shape index (κ2) is 11.5. The van der Waals surface area contributed by atoms with Crippen LogP contribution in [-0.2, 0) is 28.7 Å². The van der Waals surface area contributed by atoms with Crippen LogP contribution in [0.25, 0.3) is 0 Å². The van der Waals surface area contributed by atoms with Crippen molar-refractivity contribution in [1.29, 1.82) is 5.41 Å². The molecular weight excluding hydrogens is 493 g/mol. The van der Waals surface area contributed by atoms with E-state index in [9.17, 15) is 26.7 Å². The summed E-state index contributed by atoms with van der Waals surface area (Å²) in [6, 6.07) is 4.98. The first-order valence-corrected chi connectivity index (χ1v) is 10.8. The number of benzene rings is 1. The van der Waals surface area contributed by atoms with Crippen LogP contribution in [0.3, 0.4) is 0 Å². The molecule has 1 atom stereocenters. The van der Waals surface area contributed by atoms with Gasteiger partial charge < -0.3 is 15.0 Å². The third-order valence-electron chi connectivity index (χ3n) is 5.32. The fourth-order valence-corrected chi connectivity index (χ4v) is 3.86. The summed E-state index contributed by atoms with van der Waals surface area (Å²) in [4.78, 5) is 18.0. The van der Waals surface area contributed by atoms with Gasteiger partial charge in [-0.05, 0) is 54.6 Å². The largest absolute Gasteiger partial charge is 0.471 e. The van der Waals surface area contributed by atoms with Gasteiger partial charge in [0.1, 0.15) is 6.61 Å². The number of rotatable bonds is 6. The number of pyridine rings is 1. The molecule has 1 amide bonds. The number of nitrogens with zero attached hydrogens (tertiary/aromatic N) is 3. The Morgan fingerprint density at radius 2 is 2.00 bits per heavy atom. The zero-order valence-corrected chi connectivity index (χ0v) is 19.1. The van der Waals surface area contributed by atoms with Gasteiger partial charge in [0.2, 0.25) is 5.91 Å². The molecule has 188 valence electrons. The molecule has 1 saturated heterocycles. The van der Waals surface area contributed by atoms with Crippen LogP contribution >= 0.6 is 12.8 Å². The van der Waals surface area contributed by atoms with E-state index in [1.165, 1.54) is 0 Å².